The molecule has 0 unspecified atom stereocenters. The van der Waals surface area contributed by atoms with Crippen molar-refractivity contribution in [3.63, 3.8) is 0 Å². The van der Waals surface area contributed by atoms with Gasteiger partial charge in [0.1, 0.15) is 5.75 Å². The van der Waals surface area contributed by atoms with Crippen LogP contribution in [0.25, 0.3) is 0 Å². The lowest BCUT2D eigenvalue weighted by Crippen LogP contribution is -2.39. The molecule has 3 nitrogen and oxygen atoms in total. The van der Waals surface area contributed by atoms with Crippen LogP contribution in [-0.4, -0.2) is 17.8 Å². The third-order valence-corrected chi connectivity index (χ3v) is 2.11. The van der Waals surface area contributed by atoms with Crippen LogP contribution in [0, 0.1) is 0 Å². The quantitative estimate of drug-likeness (QED) is 0.767. The first-order valence-electron chi connectivity index (χ1n) is 4.56. The summed E-state index contributed by atoms with van der Waals surface area (Å²) in [5.74, 6) is 0.728. The van der Waals surface area contributed by atoms with E-state index >= 15 is 0 Å². The fourth-order valence-corrected chi connectivity index (χ4v) is 1.24. The number of benzene rings is 1. The first-order valence-corrected chi connectivity index (χ1v) is 4.56. The number of nitrogens with two attached hydrogens (primary N) is 1. The number of aliphatic hydroxyl groups excluding tert-OH is 1. The van der Waals surface area contributed by atoms with E-state index in [1.165, 1.54) is 0 Å². The highest BCUT2D eigenvalue weighted by molar-refractivity contribution is 5.31. The number of ether oxygens (including phenoxy) is 1. The van der Waals surface area contributed by atoms with Crippen LogP contribution >= 0.6 is 0 Å². The molecule has 1 rings (SSSR count). The standard InChI is InChI=1S/C11H17NO2/c1-11(2,12)10(13)8-5-4-6-9(7-8)14-3/h4-7,10,13H,12H2,1-3H3/t10-/m1/s1. The Morgan fingerprint density at radius 2 is 2.07 bits per heavy atom. The summed E-state index contributed by atoms with van der Waals surface area (Å²) in [6.07, 6.45) is -0.683. The van der Waals surface area contributed by atoms with E-state index in [4.69, 9.17) is 10.5 Å². The molecule has 0 saturated heterocycles. The summed E-state index contributed by atoms with van der Waals surface area (Å²) in [6.45, 7) is 3.58. The molecule has 3 N–H and O–H groups in total. The summed E-state index contributed by atoms with van der Waals surface area (Å²) in [4.78, 5) is 0. The van der Waals surface area contributed by atoms with E-state index in [0.29, 0.717) is 0 Å². The maximum atomic E-state index is 9.90. The number of aliphatic hydroxyl groups is 1. The summed E-state index contributed by atoms with van der Waals surface area (Å²) < 4.78 is 5.07. The van der Waals surface area contributed by atoms with Crippen LogP contribution < -0.4 is 10.5 Å². The Balaban J connectivity index is 2.95. The smallest absolute Gasteiger partial charge is 0.119 e. The SMILES string of the molecule is COc1cccc([C@@H](O)C(C)(C)N)c1. The van der Waals surface area contributed by atoms with Crippen molar-refractivity contribution in [2.24, 2.45) is 5.73 Å². The minimum absolute atomic E-state index is 0.646. The monoisotopic (exact) mass is 195 g/mol. The largest absolute Gasteiger partial charge is 0.497 e. The summed E-state index contributed by atoms with van der Waals surface area (Å²) in [5, 5.41) is 9.90. The topological polar surface area (TPSA) is 55.5 Å². The fourth-order valence-electron chi connectivity index (χ4n) is 1.24. The molecule has 1 aromatic carbocycles. The third kappa shape index (κ3) is 2.47. The summed E-state index contributed by atoms with van der Waals surface area (Å²) in [7, 11) is 1.60. The van der Waals surface area contributed by atoms with E-state index in [-0.39, 0.29) is 0 Å². The minimum atomic E-state index is -0.683. The minimum Gasteiger partial charge on any atom is -0.497 e. The lowest BCUT2D eigenvalue weighted by Gasteiger charge is -2.26. The van der Waals surface area contributed by atoms with Gasteiger partial charge in [-0.1, -0.05) is 12.1 Å². The van der Waals surface area contributed by atoms with Gasteiger partial charge in [-0.25, -0.2) is 0 Å². The number of rotatable bonds is 3. The molecule has 0 bridgehead atoms. The predicted octanol–water partition coefficient (Wildman–Crippen LogP) is 1.47. The molecule has 0 aliphatic rings. The van der Waals surface area contributed by atoms with Crippen molar-refractivity contribution in [3.8, 4) is 5.75 Å². The van der Waals surface area contributed by atoms with Crippen LogP contribution in [-0.2, 0) is 0 Å². The van der Waals surface area contributed by atoms with Gasteiger partial charge in [-0.3, -0.25) is 0 Å². The van der Waals surface area contributed by atoms with Crippen LogP contribution in [0.15, 0.2) is 24.3 Å². The van der Waals surface area contributed by atoms with E-state index in [1.54, 1.807) is 27.0 Å². The van der Waals surface area contributed by atoms with Crippen molar-refractivity contribution >= 4 is 0 Å². The molecule has 0 aromatic heterocycles. The van der Waals surface area contributed by atoms with Crippen molar-refractivity contribution in [1.29, 1.82) is 0 Å². The average Bonchev–Trinajstić information content (AvgIpc) is 2.15. The first kappa shape index (κ1) is 11.0. The molecule has 0 heterocycles. The van der Waals surface area contributed by atoms with Crippen molar-refractivity contribution in [2.45, 2.75) is 25.5 Å². The van der Waals surface area contributed by atoms with Gasteiger partial charge in [0.15, 0.2) is 0 Å². The van der Waals surface area contributed by atoms with E-state index < -0.39 is 11.6 Å². The van der Waals surface area contributed by atoms with Gasteiger partial charge in [0.2, 0.25) is 0 Å². The maximum absolute atomic E-state index is 9.90. The molecular weight excluding hydrogens is 178 g/mol. The molecule has 0 saturated carbocycles. The number of hydrogen-bond acceptors (Lipinski definition) is 3. The van der Waals surface area contributed by atoms with Gasteiger partial charge in [0.05, 0.1) is 13.2 Å². The normalized spacial score (nSPS) is 13.8. The van der Waals surface area contributed by atoms with Crippen LogP contribution in [0.4, 0.5) is 0 Å². The molecule has 1 atom stereocenters. The molecule has 0 aliphatic carbocycles. The maximum Gasteiger partial charge on any atom is 0.119 e. The van der Waals surface area contributed by atoms with Crippen LogP contribution in [0.1, 0.15) is 25.5 Å². The second-order valence-corrected chi connectivity index (χ2v) is 4.00. The van der Waals surface area contributed by atoms with Crippen LogP contribution in [0.3, 0.4) is 0 Å². The molecule has 1 aromatic rings. The van der Waals surface area contributed by atoms with Gasteiger partial charge in [-0.05, 0) is 31.5 Å². The van der Waals surface area contributed by atoms with Gasteiger partial charge in [0, 0.05) is 5.54 Å². The molecule has 14 heavy (non-hydrogen) atoms. The summed E-state index contributed by atoms with van der Waals surface area (Å²) in [6, 6.07) is 7.30. The lowest BCUT2D eigenvalue weighted by molar-refractivity contribution is 0.104. The zero-order valence-corrected chi connectivity index (χ0v) is 8.82. The Bertz CT molecular complexity index is 304. The molecular formula is C11H17NO2. The highest BCUT2D eigenvalue weighted by Gasteiger charge is 2.24. The van der Waals surface area contributed by atoms with Crippen molar-refractivity contribution < 1.29 is 9.84 Å². The van der Waals surface area contributed by atoms with Crippen molar-refractivity contribution in [2.75, 3.05) is 7.11 Å². The Morgan fingerprint density at radius 3 is 2.57 bits per heavy atom. The van der Waals surface area contributed by atoms with Gasteiger partial charge < -0.3 is 15.6 Å². The second kappa shape index (κ2) is 3.98. The first-order chi connectivity index (χ1) is 6.45. The van der Waals surface area contributed by atoms with Gasteiger partial charge in [-0.2, -0.15) is 0 Å². The second-order valence-electron chi connectivity index (χ2n) is 4.00. The van der Waals surface area contributed by atoms with Gasteiger partial charge in [-0.15, -0.1) is 0 Å². The van der Waals surface area contributed by atoms with Crippen molar-refractivity contribution in [1.82, 2.24) is 0 Å². The molecule has 0 aliphatic heterocycles. The third-order valence-electron chi connectivity index (χ3n) is 2.11. The zero-order chi connectivity index (χ0) is 10.8. The zero-order valence-electron chi connectivity index (χ0n) is 8.82. The molecule has 0 radical (unpaired) electrons. The Kier molecular flexibility index (Phi) is 3.13. The lowest BCUT2D eigenvalue weighted by atomic mass is 9.92. The molecule has 3 heteroatoms. The highest BCUT2D eigenvalue weighted by atomic mass is 16.5. The van der Waals surface area contributed by atoms with E-state index in [0.717, 1.165) is 11.3 Å². The number of hydrogen-bond donors (Lipinski definition) is 2. The van der Waals surface area contributed by atoms with Crippen molar-refractivity contribution in [3.05, 3.63) is 29.8 Å². The Morgan fingerprint density at radius 1 is 1.43 bits per heavy atom. The summed E-state index contributed by atoms with van der Waals surface area (Å²) >= 11 is 0. The van der Waals surface area contributed by atoms with Crippen LogP contribution in [0.2, 0.25) is 0 Å². The Labute approximate surface area is 84.5 Å². The molecule has 0 amide bonds. The fraction of sp³-hybridized carbons (Fsp3) is 0.455. The summed E-state index contributed by atoms with van der Waals surface area (Å²) in [5.41, 5.74) is 5.94. The molecule has 0 spiro atoms. The van der Waals surface area contributed by atoms with E-state index in [2.05, 4.69) is 0 Å². The predicted molar refractivity (Wildman–Crippen MR) is 56.2 cm³/mol. The average molecular weight is 195 g/mol. The van der Waals surface area contributed by atoms with E-state index in [9.17, 15) is 5.11 Å². The highest BCUT2D eigenvalue weighted by Crippen LogP contribution is 2.25. The van der Waals surface area contributed by atoms with Crippen LogP contribution in [0.5, 0.6) is 5.75 Å². The molecule has 0 fully saturated rings. The van der Waals surface area contributed by atoms with Gasteiger partial charge >= 0.3 is 0 Å². The van der Waals surface area contributed by atoms with Gasteiger partial charge in [0.25, 0.3) is 0 Å². The van der Waals surface area contributed by atoms with E-state index in [1.807, 2.05) is 18.2 Å². The molecule has 78 valence electrons. The Hall–Kier alpha value is -1.06. The number of methoxy groups -OCH3 is 1.